The molecular formula is C29H37ClN8O3. The van der Waals surface area contributed by atoms with Gasteiger partial charge in [-0.15, -0.1) is 0 Å². The number of aromatic nitrogens is 3. The molecule has 1 saturated heterocycles. The summed E-state index contributed by atoms with van der Waals surface area (Å²) in [6.07, 6.45) is 8.75. The number of rotatable bonds is 8. The summed E-state index contributed by atoms with van der Waals surface area (Å²) in [6, 6.07) is 6.60. The number of carbonyl (C=O) groups is 1. The van der Waals surface area contributed by atoms with E-state index in [1.54, 1.807) is 28.0 Å². The Labute approximate surface area is 244 Å². The van der Waals surface area contributed by atoms with E-state index in [4.69, 9.17) is 27.5 Å². The van der Waals surface area contributed by atoms with Gasteiger partial charge in [-0.25, -0.2) is 14.7 Å². The lowest BCUT2D eigenvalue weighted by molar-refractivity contribution is -0.135. The molecule has 218 valence electrons. The second-order valence-electron chi connectivity index (χ2n) is 12.3. The minimum atomic E-state index is -1.15. The maximum absolute atomic E-state index is 14.8. The van der Waals surface area contributed by atoms with Gasteiger partial charge in [0.25, 0.3) is 5.91 Å². The van der Waals surface area contributed by atoms with Crippen LogP contribution < -0.4 is 11.1 Å². The van der Waals surface area contributed by atoms with E-state index in [1.807, 2.05) is 24.3 Å². The SMILES string of the molecule is CC1CC1N=C1N[C@](CC(C)(C)C)(c2ccc(C(N)=NO)cc2)C(=O)N1C(CO)C1C=C(n2cncn2)C(Cl)=CC1. The lowest BCUT2D eigenvalue weighted by Crippen LogP contribution is -2.50. The Balaban J connectivity index is 1.60. The van der Waals surface area contributed by atoms with Crippen molar-refractivity contribution in [1.82, 2.24) is 25.0 Å². The highest BCUT2D eigenvalue weighted by atomic mass is 35.5. The average molecular weight is 581 g/mol. The van der Waals surface area contributed by atoms with Crippen LogP contribution in [0.15, 0.2) is 64.3 Å². The number of hydrogen-bond acceptors (Lipinski definition) is 7. The first-order valence-corrected chi connectivity index (χ1v) is 14.2. The Bertz CT molecular complexity index is 1410. The van der Waals surface area contributed by atoms with Crippen molar-refractivity contribution in [2.75, 3.05) is 6.61 Å². The molecule has 0 radical (unpaired) electrons. The van der Waals surface area contributed by atoms with Gasteiger partial charge in [-0.05, 0) is 36.2 Å². The number of amidine groups is 1. The second-order valence-corrected chi connectivity index (χ2v) is 12.7. The highest BCUT2D eigenvalue weighted by Gasteiger charge is 2.56. The van der Waals surface area contributed by atoms with Crippen LogP contribution in [0, 0.1) is 17.3 Å². The molecule has 4 unspecified atom stereocenters. The van der Waals surface area contributed by atoms with E-state index in [1.165, 1.54) is 6.33 Å². The topological polar surface area (TPSA) is 154 Å². The normalized spacial score (nSPS) is 28.4. The fraction of sp³-hybridized carbons (Fsp3) is 0.483. The molecule has 0 spiro atoms. The van der Waals surface area contributed by atoms with E-state index in [0.717, 1.165) is 12.0 Å². The summed E-state index contributed by atoms with van der Waals surface area (Å²) in [5, 5.41) is 31.3. The van der Waals surface area contributed by atoms with Crippen LogP contribution >= 0.6 is 11.6 Å². The largest absolute Gasteiger partial charge is 0.409 e. The Kier molecular flexibility index (Phi) is 7.69. The van der Waals surface area contributed by atoms with Gasteiger partial charge in [-0.1, -0.05) is 80.9 Å². The molecular weight excluding hydrogens is 544 g/mol. The van der Waals surface area contributed by atoms with Gasteiger partial charge in [0.05, 0.1) is 29.4 Å². The molecule has 1 aromatic carbocycles. The fourth-order valence-electron chi connectivity index (χ4n) is 5.73. The summed E-state index contributed by atoms with van der Waals surface area (Å²) in [4.78, 5) is 25.5. The first-order valence-electron chi connectivity index (χ1n) is 13.8. The fourth-order valence-corrected chi connectivity index (χ4v) is 5.97. The minimum Gasteiger partial charge on any atom is -0.409 e. The first kappa shape index (κ1) is 28.8. The molecule has 12 heteroatoms. The van der Waals surface area contributed by atoms with E-state index in [-0.39, 0.29) is 35.7 Å². The monoisotopic (exact) mass is 580 g/mol. The van der Waals surface area contributed by atoms with Crippen LogP contribution in [0.1, 0.15) is 58.1 Å². The lowest BCUT2D eigenvalue weighted by Gasteiger charge is -2.36. The maximum atomic E-state index is 14.8. The number of oxime groups is 1. The van der Waals surface area contributed by atoms with E-state index in [9.17, 15) is 9.90 Å². The Morgan fingerprint density at radius 1 is 1.32 bits per heavy atom. The number of nitrogens with two attached hydrogens (primary N) is 1. The molecule has 11 nitrogen and oxygen atoms in total. The summed E-state index contributed by atoms with van der Waals surface area (Å²) < 4.78 is 1.58. The van der Waals surface area contributed by atoms with E-state index < -0.39 is 11.6 Å². The number of guanidine groups is 1. The molecule has 2 fully saturated rings. The summed E-state index contributed by atoms with van der Waals surface area (Å²) in [6.45, 7) is 8.11. The van der Waals surface area contributed by atoms with Gasteiger partial charge in [-0.2, -0.15) is 5.10 Å². The van der Waals surface area contributed by atoms with Crippen LogP contribution in [0.3, 0.4) is 0 Å². The molecule has 1 aromatic heterocycles. The number of aliphatic hydroxyl groups excluding tert-OH is 1. The number of amides is 1. The molecule has 5 atom stereocenters. The molecule has 5 N–H and O–H groups in total. The second kappa shape index (κ2) is 10.9. The van der Waals surface area contributed by atoms with Crippen molar-refractivity contribution in [3.05, 3.63) is 65.2 Å². The van der Waals surface area contributed by atoms with E-state index in [2.05, 4.69) is 48.3 Å². The van der Waals surface area contributed by atoms with E-state index >= 15 is 0 Å². The van der Waals surface area contributed by atoms with Crippen LogP contribution in [0.5, 0.6) is 0 Å². The number of halogens is 1. The van der Waals surface area contributed by atoms with Crippen molar-refractivity contribution in [1.29, 1.82) is 0 Å². The van der Waals surface area contributed by atoms with Crippen molar-refractivity contribution in [3.63, 3.8) is 0 Å². The molecule has 3 aliphatic rings. The van der Waals surface area contributed by atoms with Gasteiger partial charge in [0, 0.05) is 11.5 Å². The molecule has 41 heavy (non-hydrogen) atoms. The predicted octanol–water partition coefficient (Wildman–Crippen LogP) is 3.24. The average Bonchev–Trinajstić information content (AvgIpc) is 3.28. The molecule has 2 aromatic rings. The van der Waals surface area contributed by atoms with Crippen molar-refractivity contribution in [3.8, 4) is 0 Å². The number of nitrogens with zero attached hydrogens (tertiary/aromatic N) is 6. The maximum Gasteiger partial charge on any atom is 0.260 e. The van der Waals surface area contributed by atoms with Crippen molar-refractivity contribution in [2.45, 2.75) is 64.6 Å². The van der Waals surface area contributed by atoms with Gasteiger partial charge >= 0.3 is 0 Å². The number of nitrogens with one attached hydrogen (secondary N) is 1. The number of hydrogen-bond donors (Lipinski definition) is 4. The molecule has 1 aliphatic heterocycles. The van der Waals surface area contributed by atoms with Crippen LogP contribution in [0.25, 0.3) is 5.70 Å². The molecule has 2 aliphatic carbocycles. The number of aliphatic imine (C=N–C) groups is 1. The minimum absolute atomic E-state index is 0.0157. The van der Waals surface area contributed by atoms with Gasteiger partial charge < -0.3 is 21.4 Å². The summed E-state index contributed by atoms with van der Waals surface area (Å²) in [5.41, 5.74) is 6.32. The lowest BCUT2D eigenvalue weighted by atomic mass is 9.75. The zero-order valence-corrected chi connectivity index (χ0v) is 24.5. The van der Waals surface area contributed by atoms with Gasteiger partial charge in [0.15, 0.2) is 5.84 Å². The van der Waals surface area contributed by atoms with Crippen LogP contribution in [-0.2, 0) is 10.3 Å². The third kappa shape index (κ3) is 5.60. The smallest absolute Gasteiger partial charge is 0.260 e. The molecule has 0 bridgehead atoms. The number of benzene rings is 1. The summed E-state index contributed by atoms with van der Waals surface area (Å²) in [7, 11) is 0. The highest BCUT2D eigenvalue weighted by molar-refractivity contribution is 6.35. The van der Waals surface area contributed by atoms with Gasteiger partial charge in [-0.3, -0.25) is 9.69 Å². The molecule has 1 amide bonds. The van der Waals surface area contributed by atoms with Gasteiger partial charge in [0.1, 0.15) is 18.2 Å². The Hall–Kier alpha value is -3.70. The molecule has 1 saturated carbocycles. The zero-order chi connectivity index (χ0) is 29.5. The highest BCUT2D eigenvalue weighted by Crippen LogP contribution is 2.43. The van der Waals surface area contributed by atoms with Crippen molar-refractivity contribution >= 4 is 35.0 Å². The third-order valence-electron chi connectivity index (χ3n) is 7.93. The standard InChI is InChI=1S/C29H37ClN8O3/c1-17-11-22(17)34-27-35-29(14-28(2,3)4,20-8-5-18(6-9-20)25(31)36-41)26(40)38(27)24(13-39)19-7-10-21(30)23(12-19)37-16-32-15-33-37/h5-6,8-10,12,15-17,19,22,24,39,41H,7,11,13-14H2,1-4H3,(H2,31,36)(H,34,35)/t17?,19?,22?,24?,29-/m1/s1. The van der Waals surface area contributed by atoms with Crippen molar-refractivity contribution < 1.29 is 15.1 Å². The predicted molar refractivity (Wildman–Crippen MR) is 157 cm³/mol. The van der Waals surface area contributed by atoms with Crippen LogP contribution in [0.2, 0.25) is 0 Å². The molecule has 5 rings (SSSR count). The summed E-state index contributed by atoms with van der Waals surface area (Å²) >= 11 is 6.53. The van der Waals surface area contributed by atoms with Crippen LogP contribution in [0.4, 0.5) is 0 Å². The summed E-state index contributed by atoms with van der Waals surface area (Å²) in [5.74, 6) is 0.415. The third-order valence-corrected chi connectivity index (χ3v) is 8.28. The van der Waals surface area contributed by atoms with Crippen molar-refractivity contribution in [2.24, 2.45) is 33.1 Å². The first-order chi connectivity index (χ1) is 19.5. The zero-order valence-electron chi connectivity index (χ0n) is 23.7. The van der Waals surface area contributed by atoms with E-state index in [0.29, 0.717) is 41.0 Å². The Morgan fingerprint density at radius 3 is 2.59 bits per heavy atom. The number of allylic oxidation sites excluding steroid dienone is 3. The van der Waals surface area contributed by atoms with Gasteiger partial charge in [0.2, 0.25) is 5.96 Å². The molecule has 2 heterocycles. The Morgan fingerprint density at radius 2 is 2.02 bits per heavy atom. The van der Waals surface area contributed by atoms with Crippen LogP contribution in [-0.4, -0.2) is 66.4 Å². The number of aliphatic hydroxyl groups is 1. The quantitative estimate of drug-likeness (QED) is 0.162. The number of carbonyl (C=O) groups excluding carboxylic acids is 1.